The van der Waals surface area contributed by atoms with E-state index in [1.54, 1.807) is 17.4 Å². The highest BCUT2D eigenvalue weighted by Crippen LogP contribution is 2.34. The first-order chi connectivity index (χ1) is 10.6. The van der Waals surface area contributed by atoms with Crippen LogP contribution in [0.3, 0.4) is 0 Å². The van der Waals surface area contributed by atoms with Crippen LogP contribution in [0.25, 0.3) is 11.1 Å². The summed E-state index contributed by atoms with van der Waals surface area (Å²) in [6, 6.07) is 9.48. The average Bonchev–Trinajstić information content (AvgIpc) is 3.08. The van der Waals surface area contributed by atoms with Crippen molar-refractivity contribution in [2.45, 2.75) is 30.5 Å². The zero-order chi connectivity index (χ0) is 15.7. The standard InChI is InChI=1S/C16H18O5S/c17-7-12-13(18)14(19)15(20)16(21-12)10-3-1-2-9(6-10)11-4-5-22-8-11/h1-6,8,12-20H,7H2/t12-,13-,14+,15+,16-/m1/s1. The Morgan fingerprint density at radius 3 is 2.50 bits per heavy atom. The van der Waals surface area contributed by atoms with Gasteiger partial charge in [0.05, 0.1) is 6.61 Å². The van der Waals surface area contributed by atoms with Gasteiger partial charge in [-0.1, -0.05) is 18.2 Å². The molecule has 3 rings (SSSR count). The van der Waals surface area contributed by atoms with Crippen LogP contribution in [0.1, 0.15) is 11.7 Å². The predicted octanol–water partition coefficient (Wildman–Crippen LogP) is 0.930. The molecule has 0 aliphatic carbocycles. The van der Waals surface area contributed by atoms with E-state index in [2.05, 4.69) is 0 Å². The van der Waals surface area contributed by atoms with Crippen molar-refractivity contribution >= 4 is 11.3 Å². The second kappa shape index (κ2) is 6.45. The molecule has 1 aliphatic heterocycles. The molecule has 6 heteroatoms. The monoisotopic (exact) mass is 322 g/mol. The van der Waals surface area contributed by atoms with Gasteiger partial charge in [-0.3, -0.25) is 0 Å². The van der Waals surface area contributed by atoms with Crippen molar-refractivity contribution in [2.24, 2.45) is 0 Å². The summed E-state index contributed by atoms with van der Waals surface area (Å²) < 4.78 is 5.58. The molecule has 0 spiro atoms. The van der Waals surface area contributed by atoms with Gasteiger partial charge in [-0.15, -0.1) is 0 Å². The summed E-state index contributed by atoms with van der Waals surface area (Å²) in [5.41, 5.74) is 2.74. The molecule has 22 heavy (non-hydrogen) atoms. The van der Waals surface area contributed by atoms with Gasteiger partial charge < -0.3 is 25.2 Å². The Bertz CT molecular complexity index is 613. The minimum atomic E-state index is -1.36. The maximum absolute atomic E-state index is 10.2. The van der Waals surface area contributed by atoms with Crippen molar-refractivity contribution < 1.29 is 25.2 Å². The van der Waals surface area contributed by atoms with Crippen LogP contribution in [0.2, 0.25) is 0 Å². The Kier molecular flexibility index (Phi) is 4.58. The average molecular weight is 322 g/mol. The predicted molar refractivity (Wildman–Crippen MR) is 82.5 cm³/mol. The van der Waals surface area contributed by atoms with Crippen molar-refractivity contribution in [2.75, 3.05) is 6.61 Å². The van der Waals surface area contributed by atoms with Gasteiger partial charge in [0.1, 0.15) is 30.5 Å². The number of benzene rings is 1. The van der Waals surface area contributed by atoms with Gasteiger partial charge in [0.15, 0.2) is 0 Å². The molecule has 0 saturated carbocycles. The molecule has 1 fully saturated rings. The van der Waals surface area contributed by atoms with E-state index < -0.39 is 37.1 Å². The van der Waals surface area contributed by atoms with Gasteiger partial charge in [-0.25, -0.2) is 0 Å². The first kappa shape index (κ1) is 15.6. The second-order valence-corrected chi connectivity index (χ2v) is 6.17. The van der Waals surface area contributed by atoms with E-state index in [4.69, 9.17) is 4.74 Å². The Morgan fingerprint density at radius 2 is 1.82 bits per heavy atom. The first-order valence-electron chi connectivity index (χ1n) is 7.05. The molecule has 118 valence electrons. The minimum absolute atomic E-state index is 0.425. The van der Waals surface area contributed by atoms with Crippen LogP contribution in [0.4, 0.5) is 0 Å². The highest BCUT2D eigenvalue weighted by molar-refractivity contribution is 7.08. The molecule has 1 aliphatic rings. The van der Waals surface area contributed by atoms with Gasteiger partial charge in [0, 0.05) is 0 Å². The summed E-state index contributed by atoms with van der Waals surface area (Å²) in [7, 11) is 0. The SMILES string of the molecule is OC[C@H]1O[C@H](c2cccc(-c3ccsc3)c2)[C@@H](O)[C@@H](O)[C@@H]1O. The fourth-order valence-corrected chi connectivity index (χ4v) is 3.37. The van der Waals surface area contributed by atoms with E-state index in [1.165, 1.54) is 0 Å². The lowest BCUT2D eigenvalue weighted by Gasteiger charge is -2.40. The van der Waals surface area contributed by atoms with E-state index in [0.29, 0.717) is 5.56 Å². The summed E-state index contributed by atoms with van der Waals surface area (Å²) in [6.45, 7) is -0.425. The van der Waals surface area contributed by atoms with Crippen LogP contribution in [0.5, 0.6) is 0 Å². The number of rotatable bonds is 3. The summed E-state index contributed by atoms with van der Waals surface area (Å²) in [5, 5.41) is 43.2. The maximum Gasteiger partial charge on any atom is 0.113 e. The van der Waals surface area contributed by atoms with Crippen LogP contribution < -0.4 is 0 Å². The molecule has 5 nitrogen and oxygen atoms in total. The number of hydrogen-bond donors (Lipinski definition) is 4. The fourth-order valence-electron chi connectivity index (χ4n) is 2.70. The summed E-state index contributed by atoms with van der Waals surface area (Å²) in [4.78, 5) is 0. The Hall–Kier alpha value is -1.28. The number of aliphatic hydroxyl groups is 4. The van der Waals surface area contributed by atoms with Crippen LogP contribution in [-0.2, 0) is 4.74 Å². The number of ether oxygens (including phenoxy) is 1. The Morgan fingerprint density at radius 1 is 1.00 bits per heavy atom. The summed E-state index contributed by atoms with van der Waals surface area (Å²) in [5.74, 6) is 0. The zero-order valence-corrected chi connectivity index (χ0v) is 12.6. The quantitative estimate of drug-likeness (QED) is 0.675. The third-order valence-electron chi connectivity index (χ3n) is 3.96. The molecule has 1 saturated heterocycles. The molecule has 1 aromatic carbocycles. The molecular formula is C16H18O5S. The van der Waals surface area contributed by atoms with Crippen molar-refractivity contribution in [1.29, 1.82) is 0 Å². The minimum Gasteiger partial charge on any atom is -0.394 e. The van der Waals surface area contributed by atoms with E-state index in [0.717, 1.165) is 11.1 Å². The van der Waals surface area contributed by atoms with Crippen molar-refractivity contribution in [3.63, 3.8) is 0 Å². The van der Waals surface area contributed by atoms with Gasteiger partial charge >= 0.3 is 0 Å². The third-order valence-corrected chi connectivity index (χ3v) is 4.65. The topological polar surface area (TPSA) is 90.2 Å². The lowest BCUT2D eigenvalue weighted by Crippen LogP contribution is -2.55. The van der Waals surface area contributed by atoms with Gasteiger partial charge in [0.25, 0.3) is 0 Å². The molecular weight excluding hydrogens is 304 g/mol. The Labute approximate surface area is 132 Å². The van der Waals surface area contributed by atoms with Gasteiger partial charge in [-0.2, -0.15) is 11.3 Å². The van der Waals surface area contributed by atoms with Crippen molar-refractivity contribution in [1.82, 2.24) is 0 Å². The van der Waals surface area contributed by atoms with E-state index in [1.807, 2.05) is 35.0 Å². The lowest BCUT2D eigenvalue weighted by molar-refractivity contribution is -0.231. The number of thiophene rings is 1. The largest absolute Gasteiger partial charge is 0.394 e. The van der Waals surface area contributed by atoms with Crippen LogP contribution in [0.15, 0.2) is 41.1 Å². The zero-order valence-electron chi connectivity index (χ0n) is 11.7. The molecule has 1 aromatic heterocycles. The highest BCUT2D eigenvalue weighted by atomic mass is 32.1. The molecule has 2 aromatic rings. The third kappa shape index (κ3) is 2.81. The lowest BCUT2D eigenvalue weighted by atomic mass is 9.90. The van der Waals surface area contributed by atoms with Crippen LogP contribution in [0, 0.1) is 0 Å². The highest BCUT2D eigenvalue weighted by Gasteiger charge is 2.43. The van der Waals surface area contributed by atoms with E-state index >= 15 is 0 Å². The van der Waals surface area contributed by atoms with Gasteiger partial charge in [-0.05, 0) is 39.6 Å². The van der Waals surface area contributed by atoms with Crippen LogP contribution in [-0.4, -0.2) is 51.4 Å². The Balaban J connectivity index is 1.91. The molecule has 5 atom stereocenters. The molecule has 4 N–H and O–H groups in total. The van der Waals surface area contributed by atoms with Crippen LogP contribution >= 0.6 is 11.3 Å². The summed E-state index contributed by atoms with van der Waals surface area (Å²) >= 11 is 1.59. The molecule has 0 unspecified atom stereocenters. The smallest absolute Gasteiger partial charge is 0.113 e. The van der Waals surface area contributed by atoms with Crippen molar-refractivity contribution in [3.8, 4) is 11.1 Å². The molecule has 0 radical (unpaired) electrons. The van der Waals surface area contributed by atoms with Crippen molar-refractivity contribution in [3.05, 3.63) is 46.7 Å². The molecule has 2 heterocycles. The molecule has 0 bridgehead atoms. The first-order valence-corrected chi connectivity index (χ1v) is 7.99. The number of aliphatic hydroxyl groups excluding tert-OH is 4. The van der Waals surface area contributed by atoms with E-state index in [-0.39, 0.29) is 0 Å². The van der Waals surface area contributed by atoms with Gasteiger partial charge in [0.2, 0.25) is 0 Å². The summed E-state index contributed by atoms with van der Waals surface area (Å²) in [6.07, 6.45) is -5.64. The second-order valence-electron chi connectivity index (χ2n) is 5.39. The van der Waals surface area contributed by atoms with E-state index in [9.17, 15) is 20.4 Å². The fraction of sp³-hybridized carbons (Fsp3) is 0.375. The molecule has 0 amide bonds. The number of hydrogen-bond acceptors (Lipinski definition) is 6. The normalized spacial score (nSPS) is 32.1. The maximum atomic E-state index is 10.2.